The average molecular weight is 370 g/mol. The number of carbonyl (C=O) groups is 2. The maximum absolute atomic E-state index is 12.4. The van der Waals surface area contributed by atoms with Crippen molar-refractivity contribution in [3.63, 3.8) is 0 Å². The molecule has 1 heterocycles. The Morgan fingerprint density at radius 3 is 2.65 bits per heavy atom. The van der Waals surface area contributed by atoms with Crippen LogP contribution in [0.5, 0.6) is 0 Å². The van der Waals surface area contributed by atoms with Crippen LogP contribution in [0.15, 0.2) is 30.5 Å². The minimum absolute atomic E-state index is 0.0491. The summed E-state index contributed by atoms with van der Waals surface area (Å²) in [6, 6.07) is 6.00. The highest BCUT2D eigenvalue weighted by molar-refractivity contribution is 6.08. The van der Waals surface area contributed by atoms with Crippen molar-refractivity contribution >= 4 is 17.5 Å². The molecule has 2 N–H and O–H groups in total. The topological polar surface area (TPSA) is 85.3 Å². The lowest BCUT2D eigenvalue weighted by Crippen LogP contribution is -2.21. The minimum atomic E-state index is -4.41. The lowest BCUT2D eigenvalue weighted by Gasteiger charge is -2.09. The summed E-state index contributed by atoms with van der Waals surface area (Å²) in [6.45, 7) is -1.65. The zero-order valence-electron chi connectivity index (χ0n) is 14.1. The molecule has 0 unspecified atom stereocenters. The van der Waals surface area contributed by atoms with Gasteiger partial charge in [0.2, 0.25) is 0 Å². The summed E-state index contributed by atoms with van der Waals surface area (Å²) in [4.78, 5) is 24.1. The van der Waals surface area contributed by atoms with Crippen molar-refractivity contribution < 1.29 is 27.5 Å². The van der Waals surface area contributed by atoms with Crippen LogP contribution in [0.4, 0.5) is 18.9 Å². The molecule has 2 aromatic rings. The van der Waals surface area contributed by atoms with Crippen molar-refractivity contribution in [3.05, 3.63) is 47.3 Å². The molecule has 1 aromatic heterocycles. The van der Waals surface area contributed by atoms with Crippen molar-refractivity contribution in [2.75, 3.05) is 19.0 Å². The first-order chi connectivity index (χ1) is 12.2. The van der Waals surface area contributed by atoms with Gasteiger partial charge < -0.3 is 15.4 Å². The van der Waals surface area contributed by atoms with E-state index in [1.165, 1.54) is 36.1 Å². The second-order valence-corrected chi connectivity index (χ2v) is 5.41. The third-order valence-corrected chi connectivity index (χ3v) is 3.24. The molecule has 10 heteroatoms. The van der Waals surface area contributed by atoms with E-state index in [1.807, 2.05) is 0 Å². The van der Waals surface area contributed by atoms with Crippen LogP contribution in [0.2, 0.25) is 0 Å². The monoisotopic (exact) mass is 370 g/mol. The number of hydrogen-bond donors (Lipinski definition) is 2. The zero-order chi connectivity index (χ0) is 19.3. The molecule has 0 aliphatic carbocycles. The number of nitrogens with zero attached hydrogens (tertiary/aromatic N) is 2. The molecule has 0 spiro atoms. The number of amides is 2. The van der Waals surface area contributed by atoms with Gasteiger partial charge in [-0.3, -0.25) is 14.3 Å². The quantitative estimate of drug-likeness (QED) is 0.816. The number of rotatable bonds is 6. The van der Waals surface area contributed by atoms with E-state index in [-0.39, 0.29) is 23.6 Å². The second kappa shape index (κ2) is 8.00. The minimum Gasteiger partial charge on any atom is -0.367 e. The molecule has 0 saturated carbocycles. The zero-order valence-corrected chi connectivity index (χ0v) is 14.1. The Labute approximate surface area is 147 Å². The van der Waals surface area contributed by atoms with Gasteiger partial charge in [-0.1, -0.05) is 12.1 Å². The first kappa shape index (κ1) is 19.4. The van der Waals surface area contributed by atoms with Crippen molar-refractivity contribution in [1.29, 1.82) is 0 Å². The van der Waals surface area contributed by atoms with Gasteiger partial charge in [0.25, 0.3) is 11.8 Å². The van der Waals surface area contributed by atoms with E-state index in [9.17, 15) is 22.8 Å². The van der Waals surface area contributed by atoms with Crippen molar-refractivity contribution in [3.8, 4) is 0 Å². The number of nitrogens with one attached hydrogen (secondary N) is 2. The van der Waals surface area contributed by atoms with E-state index in [2.05, 4.69) is 20.5 Å². The Hall–Kier alpha value is -2.88. The van der Waals surface area contributed by atoms with Gasteiger partial charge in [0.05, 0.1) is 12.3 Å². The fraction of sp³-hybridized carbons (Fsp3) is 0.312. The van der Waals surface area contributed by atoms with Crippen LogP contribution in [-0.2, 0) is 18.4 Å². The van der Waals surface area contributed by atoms with E-state index >= 15 is 0 Å². The highest BCUT2D eigenvalue weighted by Crippen LogP contribution is 2.17. The highest BCUT2D eigenvalue weighted by atomic mass is 19.4. The summed E-state index contributed by atoms with van der Waals surface area (Å²) in [5, 5.41) is 8.96. The van der Waals surface area contributed by atoms with Gasteiger partial charge >= 0.3 is 6.18 Å². The molecule has 0 aliphatic heterocycles. The molecular weight excluding hydrogens is 353 g/mol. The van der Waals surface area contributed by atoms with Crippen LogP contribution in [0.1, 0.15) is 26.4 Å². The fourth-order valence-electron chi connectivity index (χ4n) is 2.15. The summed E-state index contributed by atoms with van der Waals surface area (Å²) in [5.74, 6) is -0.990. The van der Waals surface area contributed by atoms with Crippen molar-refractivity contribution in [2.45, 2.75) is 12.8 Å². The van der Waals surface area contributed by atoms with Crippen LogP contribution in [0.25, 0.3) is 0 Å². The van der Waals surface area contributed by atoms with Gasteiger partial charge in [0.1, 0.15) is 6.61 Å². The summed E-state index contributed by atoms with van der Waals surface area (Å²) in [6.07, 6.45) is -2.94. The Morgan fingerprint density at radius 2 is 2.00 bits per heavy atom. The number of hydrogen-bond acceptors (Lipinski definition) is 4. The van der Waals surface area contributed by atoms with Gasteiger partial charge in [-0.2, -0.15) is 18.3 Å². The molecule has 0 bridgehead atoms. The molecule has 2 rings (SSSR count). The van der Waals surface area contributed by atoms with Crippen LogP contribution in [0.3, 0.4) is 0 Å². The third kappa shape index (κ3) is 5.31. The molecule has 0 saturated heterocycles. The predicted molar refractivity (Wildman–Crippen MR) is 86.7 cm³/mol. The van der Waals surface area contributed by atoms with Gasteiger partial charge in [-0.25, -0.2) is 0 Å². The number of anilines is 1. The van der Waals surface area contributed by atoms with E-state index in [1.54, 1.807) is 13.1 Å². The van der Waals surface area contributed by atoms with E-state index in [0.717, 1.165) is 0 Å². The number of aromatic nitrogens is 2. The van der Waals surface area contributed by atoms with E-state index in [0.29, 0.717) is 5.56 Å². The molecule has 2 amide bonds. The largest absolute Gasteiger partial charge is 0.411 e. The van der Waals surface area contributed by atoms with Gasteiger partial charge in [-0.15, -0.1) is 0 Å². The third-order valence-electron chi connectivity index (χ3n) is 3.24. The number of halogens is 3. The predicted octanol–water partition coefficient (Wildman–Crippen LogP) is 2.11. The molecule has 7 nitrogen and oxygen atoms in total. The van der Waals surface area contributed by atoms with Crippen molar-refractivity contribution in [2.24, 2.45) is 7.05 Å². The number of carbonyl (C=O) groups excluding carboxylic acids is 2. The van der Waals surface area contributed by atoms with E-state index < -0.39 is 24.6 Å². The Kier molecular flexibility index (Phi) is 5.98. The fourth-order valence-corrected chi connectivity index (χ4v) is 2.15. The lowest BCUT2D eigenvalue weighted by molar-refractivity contribution is -0.176. The Balaban J connectivity index is 2.09. The summed E-state index contributed by atoms with van der Waals surface area (Å²) in [7, 11) is 3.04. The molecule has 0 atom stereocenters. The number of benzene rings is 1. The molecule has 0 radical (unpaired) electrons. The second-order valence-electron chi connectivity index (χ2n) is 5.41. The Morgan fingerprint density at radius 1 is 1.27 bits per heavy atom. The SMILES string of the molecule is CNC(=O)c1nn(C)cc1NC(=O)c1cccc(COCC(F)(F)F)c1. The van der Waals surface area contributed by atoms with E-state index in [4.69, 9.17) is 0 Å². The van der Waals surface area contributed by atoms with Crippen LogP contribution >= 0.6 is 0 Å². The van der Waals surface area contributed by atoms with Crippen LogP contribution in [0, 0.1) is 0 Å². The summed E-state index contributed by atoms with van der Waals surface area (Å²) in [5.41, 5.74) is 0.896. The van der Waals surface area contributed by atoms with Gasteiger partial charge in [0.15, 0.2) is 5.69 Å². The number of ether oxygens (including phenoxy) is 1. The number of alkyl halides is 3. The van der Waals surface area contributed by atoms with Gasteiger partial charge in [-0.05, 0) is 17.7 Å². The summed E-state index contributed by atoms with van der Waals surface area (Å²) >= 11 is 0. The first-order valence-electron chi connectivity index (χ1n) is 7.50. The molecule has 26 heavy (non-hydrogen) atoms. The molecule has 0 aliphatic rings. The standard InChI is InChI=1S/C16H17F3N4O3/c1-20-15(25)13-12(7-23(2)22-13)21-14(24)11-5-3-4-10(6-11)8-26-9-16(17,18)19/h3-7H,8-9H2,1-2H3,(H,20,25)(H,21,24). The maximum Gasteiger partial charge on any atom is 0.411 e. The normalized spacial score (nSPS) is 11.3. The van der Waals surface area contributed by atoms with Gasteiger partial charge in [0, 0.05) is 25.9 Å². The van der Waals surface area contributed by atoms with Crippen LogP contribution in [-0.4, -0.2) is 41.4 Å². The smallest absolute Gasteiger partial charge is 0.367 e. The highest BCUT2D eigenvalue weighted by Gasteiger charge is 2.27. The maximum atomic E-state index is 12.4. The lowest BCUT2D eigenvalue weighted by atomic mass is 10.1. The first-order valence-corrected chi connectivity index (χ1v) is 7.50. The molecule has 1 aromatic carbocycles. The molecule has 140 valence electrons. The van der Waals surface area contributed by atoms with Crippen LogP contribution < -0.4 is 10.6 Å². The number of aryl methyl sites for hydroxylation is 1. The summed E-state index contributed by atoms with van der Waals surface area (Å²) < 4.78 is 42.3. The molecular formula is C16H17F3N4O3. The molecule has 0 fully saturated rings. The van der Waals surface area contributed by atoms with Crippen molar-refractivity contribution in [1.82, 2.24) is 15.1 Å². The average Bonchev–Trinajstić information content (AvgIpc) is 2.93. The Bertz CT molecular complexity index is 802.